The summed E-state index contributed by atoms with van der Waals surface area (Å²) in [4.78, 5) is 2.63. The largest absolute Gasteiger partial charge is 0.399 e. The molecule has 2 nitrogen and oxygen atoms in total. The van der Waals surface area contributed by atoms with E-state index in [-0.39, 0.29) is 0 Å². The third-order valence-electron chi connectivity index (χ3n) is 3.87. The second-order valence-electron chi connectivity index (χ2n) is 5.50. The smallest absolute Gasteiger partial charge is 0.0316 e. The molecule has 0 spiro atoms. The monoisotopic (exact) mass is 262 g/mol. The van der Waals surface area contributed by atoms with Crippen molar-refractivity contribution >= 4 is 5.69 Å². The van der Waals surface area contributed by atoms with Crippen LogP contribution in [-0.4, -0.2) is 24.0 Å². The molecular formula is C17H30N2. The van der Waals surface area contributed by atoms with Crippen molar-refractivity contribution in [3.63, 3.8) is 0 Å². The van der Waals surface area contributed by atoms with Gasteiger partial charge >= 0.3 is 0 Å². The van der Waals surface area contributed by atoms with Gasteiger partial charge in [-0.3, -0.25) is 0 Å². The summed E-state index contributed by atoms with van der Waals surface area (Å²) in [6.07, 6.45) is 6.17. The lowest BCUT2D eigenvalue weighted by Gasteiger charge is -2.28. The highest BCUT2D eigenvalue weighted by Crippen LogP contribution is 2.11. The van der Waals surface area contributed by atoms with E-state index in [4.69, 9.17) is 5.73 Å². The summed E-state index contributed by atoms with van der Waals surface area (Å²) < 4.78 is 0. The fraction of sp³-hybridized carbons (Fsp3) is 0.647. The number of nitrogens with zero attached hydrogens (tertiary/aromatic N) is 1. The summed E-state index contributed by atoms with van der Waals surface area (Å²) in [5.41, 5.74) is 8.05. The molecule has 0 saturated carbocycles. The van der Waals surface area contributed by atoms with Crippen molar-refractivity contribution in [2.45, 2.75) is 58.9 Å². The molecule has 0 radical (unpaired) electrons. The van der Waals surface area contributed by atoms with Crippen molar-refractivity contribution in [3.05, 3.63) is 29.8 Å². The SMILES string of the molecule is CCCCN(CCCc1cccc(N)c1)C(C)CC. The number of nitrogens with two attached hydrogens (primary N) is 1. The van der Waals surface area contributed by atoms with Crippen LogP contribution in [-0.2, 0) is 6.42 Å². The Labute approximate surface area is 119 Å². The average Bonchev–Trinajstić information content (AvgIpc) is 2.42. The van der Waals surface area contributed by atoms with Gasteiger partial charge in [0.25, 0.3) is 0 Å². The Morgan fingerprint density at radius 2 is 1.89 bits per heavy atom. The topological polar surface area (TPSA) is 29.3 Å². The summed E-state index contributed by atoms with van der Waals surface area (Å²) in [6.45, 7) is 9.32. The van der Waals surface area contributed by atoms with E-state index in [1.165, 1.54) is 44.3 Å². The lowest BCUT2D eigenvalue weighted by atomic mass is 10.1. The first-order valence-electron chi connectivity index (χ1n) is 7.75. The van der Waals surface area contributed by atoms with Gasteiger partial charge < -0.3 is 10.6 Å². The predicted octanol–water partition coefficient (Wildman–Crippen LogP) is 4.10. The van der Waals surface area contributed by atoms with Crippen LogP contribution in [0.15, 0.2) is 24.3 Å². The molecule has 0 aliphatic heterocycles. The first-order chi connectivity index (χ1) is 9.17. The Bertz CT molecular complexity index is 349. The van der Waals surface area contributed by atoms with E-state index in [2.05, 4.69) is 37.8 Å². The zero-order valence-corrected chi connectivity index (χ0v) is 12.9. The Hall–Kier alpha value is -1.02. The van der Waals surface area contributed by atoms with Gasteiger partial charge in [0.05, 0.1) is 0 Å². The summed E-state index contributed by atoms with van der Waals surface area (Å²) in [5.74, 6) is 0. The first kappa shape index (κ1) is 16.0. The van der Waals surface area contributed by atoms with Crippen LogP contribution in [0.4, 0.5) is 5.69 Å². The van der Waals surface area contributed by atoms with Gasteiger partial charge in [-0.2, -0.15) is 0 Å². The second kappa shape index (κ2) is 8.98. The maximum atomic E-state index is 5.82. The van der Waals surface area contributed by atoms with Crippen molar-refractivity contribution in [1.29, 1.82) is 0 Å². The average molecular weight is 262 g/mol. The van der Waals surface area contributed by atoms with E-state index in [9.17, 15) is 0 Å². The minimum Gasteiger partial charge on any atom is -0.399 e. The Morgan fingerprint density at radius 3 is 2.53 bits per heavy atom. The van der Waals surface area contributed by atoms with Crippen LogP contribution in [0.5, 0.6) is 0 Å². The Kier molecular flexibility index (Phi) is 7.57. The minimum atomic E-state index is 0.701. The zero-order chi connectivity index (χ0) is 14.1. The molecule has 1 rings (SSSR count). The number of aryl methyl sites for hydroxylation is 1. The van der Waals surface area contributed by atoms with Gasteiger partial charge in [-0.05, 0) is 63.4 Å². The molecule has 0 aliphatic rings. The molecule has 108 valence electrons. The highest BCUT2D eigenvalue weighted by atomic mass is 15.1. The highest BCUT2D eigenvalue weighted by molar-refractivity contribution is 5.40. The Morgan fingerprint density at radius 1 is 1.16 bits per heavy atom. The lowest BCUT2D eigenvalue weighted by Crippen LogP contribution is -2.34. The van der Waals surface area contributed by atoms with Crippen LogP contribution in [0, 0.1) is 0 Å². The third kappa shape index (κ3) is 6.11. The minimum absolute atomic E-state index is 0.701. The number of hydrogen-bond acceptors (Lipinski definition) is 2. The van der Waals surface area contributed by atoms with Crippen LogP contribution in [0.3, 0.4) is 0 Å². The van der Waals surface area contributed by atoms with Gasteiger partial charge in [0.2, 0.25) is 0 Å². The molecule has 0 saturated heterocycles. The number of hydrogen-bond donors (Lipinski definition) is 1. The zero-order valence-electron chi connectivity index (χ0n) is 12.9. The fourth-order valence-corrected chi connectivity index (χ4v) is 2.41. The van der Waals surface area contributed by atoms with E-state index < -0.39 is 0 Å². The van der Waals surface area contributed by atoms with Gasteiger partial charge in [0.1, 0.15) is 0 Å². The maximum Gasteiger partial charge on any atom is 0.0316 e. The number of nitrogen functional groups attached to an aromatic ring is 1. The van der Waals surface area contributed by atoms with Crippen LogP contribution >= 0.6 is 0 Å². The van der Waals surface area contributed by atoms with Crippen LogP contribution < -0.4 is 5.73 Å². The van der Waals surface area contributed by atoms with E-state index in [0.29, 0.717) is 6.04 Å². The molecule has 0 amide bonds. The standard InChI is InChI=1S/C17H30N2/c1-4-6-12-19(15(3)5-2)13-8-10-16-9-7-11-17(18)14-16/h7,9,11,14-15H,4-6,8,10,12-13,18H2,1-3H3. The molecule has 2 N–H and O–H groups in total. The van der Waals surface area contributed by atoms with Crippen LogP contribution in [0.25, 0.3) is 0 Å². The molecule has 0 bridgehead atoms. The van der Waals surface area contributed by atoms with E-state index in [0.717, 1.165) is 12.1 Å². The third-order valence-corrected chi connectivity index (χ3v) is 3.87. The van der Waals surface area contributed by atoms with Crippen LogP contribution in [0.1, 0.15) is 52.0 Å². The predicted molar refractivity (Wildman–Crippen MR) is 85.4 cm³/mol. The quantitative estimate of drug-likeness (QED) is 0.679. The van der Waals surface area contributed by atoms with Gasteiger partial charge in [-0.15, -0.1) is 0 Å². The molecular weight excluding hydrogens is 232 g/mol. The second-order valence-corrected chi connectivity index (χ2v) is 5.50. The number of unbranched alkanes of at least 4 members (excludes halogenated alkanes) is 1. The Balaban J connectivity index is 2.38. The van der Waals surface area contributed by atoms with Gasteiger partial charge in [0.15, 0.2) is 0 Å². The summed E-state index contributed by atoms with van der Waals surface area (Å²) in [6, 6.07) is 8.98. The van der Waals surface area contributed by atoms with Crippen molar-refractivity contribution in [1.82, 2.24) is 4.90 Å². The molecule has 1 aromatic carbocycles. The van der Waals surface area contributed by atoms with Crippen molar-refractivity contribution in [2.24, 2.45) is 0 Å². The summed E-state index contributed by atoms with van der Waals surface area (Å²) in [5, 5.41) is 0. The van der Waals surface area contributed by atoms with E-state index in [1.54, 1.807) is 0 Å². The number of anilines is 1. The fourth-order valence-electron chi connectivity index (χ4n) is 2.41. The van der Waals surface area contributed by atoms with E-state index in [1.807, 2.05) is 12.1 Å². The van der Waals surface area contributed by atoms with Crippen molar-refractivity contribution < 1.29 is 0 Å². The normalized spacial score (nSPS) is 12.8. The molecule has 0 aromatic heterocycles. The first-order valence-corrected chi connectivity index (χ1v) is 7.75. The van der Waals surface area contributed by atoms with E-state index >= 15 is 0 Å². The molecule has 2 heteroatoms. The molecule has 0 heterocycles. The summed E-state index contributed by atoms with van der Waals surface area (Å²) in [7, 11) is 0. The molecule has 19 heavy (non-hydrogen) atoms. The van der Waals surface area contributed by atoms with Crippen molar-refractivity contribution in [2.75, 3.05) is 18.8 Å². The molecule has 0 fully saturated rings. The van der Waals surface area contributed by atoms with Crippen LogP contribution in [0.2, 0.25) is 0 Å². The maximum absolute atomic E-state index is 5.82. The van der Waals surface area contributed by atoms with Gasteiger partial charge in [0, 0.05) is 11.7 Å². The van der Waals surface area contributed by atoms with Gasteiger partial charge in [-0.1, -0.05) is 32.4 Å². The lowest BCUT2D eigenvalue weighted by molar-refractivity contribution is 0.198. The molecule has 1 aromatic rings. The molecule has 1 atom stereocenters. The highest BCUT2D eigenvalue weighted by Gasteiger charge is 2.10. The number of benzene rings is 1. The van der Waals surface area contributed by atoms with Crippen molar-refractivity contribution in [3.8, 4) is 0 Å². The number of rotatable bonds is 9. The molecule has 0 aliphatic carbocycles. The van der Waals surface area contributed by atoms with Gasteiger partial charge in [-0.25, -0.2) is 0 Å². The summed E-state index contributed by atoms with van der Waals surface area (Å²) >= 11 is 0. The molecule has 1 unspecified atom stereocenters.